The topological polar surface area (TPSA) is 21.3 Å². The zero-order valence-corrected chi connectivity index (χ0v) is 10.3. The van der Waals surface area contributed by atoms with Crippen molar-refractivity contribution in [3.63, 3.8) is 0 Å². The molecule has 15 heavy (non-hydrogen) atoms. The van der Waals surface area contributed by atoms with Gasteiger partial charge in [-0.1, -0.05) is 22.0 Å². The molecular weight excluding hydrogens is 261 g/mol. The molecule has 0 unspecified atom stereocenters. The first kappa shape index (κ1) is 12.6. The highest BCUT2D eigenvalue weighted by atomic mass is 79.9. The quantitative estimate of drug-likeness (QED) is 0.807. The van der Waals surface area contributed by atoms with E-state index in [0.717, 1.165) is 11.0 Å². The van der Waals surface area contributed by atoms with E-state index in [1.165, 1.54) is 6.07 Å². The fraction of sp³-hybridized carbons (Fsp3) is 0.455. The molecule has 0 atom stereocenters. The van der Waals surface area contributed by atoms with Crippen LogP contribution in [0, 0.1) is 5.82 Å². The van der Waals surface area contributed by atoms with Gasteiger partial charge in [-0.3, -0.25) is 0 Å². The number of hydrogen-bond donors (Lipinski definition) is 1. The second kappa shape index (κ2) is 6.93. The van der Waals surface area contributed by atoms with Crippen LogP contribution in [0.3, 0.4) is 0 Å². The van der Waals surface area contributed by atoms with Gasteiger partial charge in [0.1, 0.15) is 5.82 Å². The Kier molecular flexibility index (Phi) is 5.83. The molecule has 0 amide bonds. The molecule has 0 bridgehead atoms. The van der Waals surface area contributed by atoms with Crippen molar-refractivity contribution in [2.45, 2.75) is 13.5 Å². The van der Waals surface area contributed by atoms with Crippen molar-refractivity contribution in [1.82, 2.24) is 5.32 Å². The first-order chi connectivity index (χ1) is 7.24. The number of benzene rings is 1. The Morgan fingerprint density at radius 3 is 2.93 bits per heavy atom. The van der Waals surface area contributed by atoms with E-state index in [-0.39, 0.29) is 5.82 Å². The van der Waals surface area contributed by atoms with Gasteiger partial charge in [-0.15, -0.1) is 0 Å². The lowest BCUT2D eigenvalue weighted by atomic mass is 10.2. The van der Waals surface area contributed by atoms with Crippen molar-refractivity contribution < 1.29 is 9.13 Å². The summed E-state index contributed by atoms with van der Waals surface area (Å²) in [5, 5.41) is 3.12. The molecule has 84 valence electrons. The van der Waals surface area contributed by atoms with Crippen molar-refractivity contribution in [2.24, 2.45) is 0 Å². The highest BCUT2D eigenvalue weighted by molar-refractivity contribution is 9.10. The van der Waals surface area contributed by atoms with Gasteiger partial charge < -0.3 is 10.1 Å². The van der Waals surface area contributed by atoms with E-state index < -0.39 is 0 Å². The molecule has 0 spiro atoms. The summed E-state index contributed by atoms with van der Waals surface area (Å²) in [4.78, 5) is 0. The van der Waals surface area contributed by atoms with Crippen LogP contribution in [0.5, 0.6) is 0 Å². The standard InChI is InChI=1S/C11H15BrFNO/c1-2-15-6-5-14-8-9-3-4-10(12)7-11(9)13/h3-4,7,14H,2,5-6,8H2,1H3. The molecule has 0 aliphatic carbocycles. The van der Waals surface area contributed by atoms with E-state index in [1.54, 1.807) is 6.07 Å². The van der Waals surface area contributed by atoms with Gasteiger partial charge >= 0.3 is 0 Å². The summed E-state index contributed by atoms with van der Waals surface area (Å²) in [7, 11) is 0. The molecule has 0 fully saturated rings. The molecule has 0 saturated heterocycles. The molecule has 1 rings (SSSR count). The Balaban J connectivity index is 2.31. The Bertz CT molecular complexity index is 307. The highest BCUT2D eigenvalue weighted by Crippen LogP contribution is 2.14. The average Bonchev–Trinajstić information content (AvgIpc) is 2.20. The molecule has 1 aromatic carbocycles. The number of nitrogens with one attached hydrogen (secondary N) is 1. The van der Waals surface area contributed by atoms with Gasteiger partial charge in [-0.05, 0) is 19.1 Å². The number of rotatable bonds is 6. The fourth-order valence-electron chi connectivity index (χ4n) is 1.18. The minimum absolute atomic E-state index is 0.187. The third-order valence-electron chi connectivity index (χ3n) is 1.96. The molecule has 1 N–H and O–H groups in total. The maximum absolute atomic E-state index is 13.3. The maximum atomic E-state index is 13.3. The third kappa shape index (κ3) is 4.73. The van der Waals surface area contributed by atoms with Gasteiger partial charge in [0, 0.05) is 29.7 Å². The first-order valence-corrected chi connectivity index (χ1v) is 5.75. The van der Waals surface area contributed by atoms with Crippen molar-refractivity contribution in [3.05, 3.63) is 34.1 Å². The molecule has 0 aliphatic rings. The van der Waals surface area contributed by atoms with Crippen LogP contribution in [0.2, 0.25) is 0 Å². The average molecular weight is 276 g/mol. The maximum Gasteiger partial charge on any atom is 0.128 e. The Morgan fingerprint density at radius 1 is 1.47 bits per heavy atom. The van der Waals surface area contributed by atoms with Crippen LogP contribution in [0.15, 0.2) is 22.7 Å². The van der Waals surface area contributed by atoms with Crippen LogP contribution in [0.25, 0.3) is 0 Å². The van der Waals surface area contributed by atoms with E-state index in [2.05, 4.69) is 21.2 Å². The molecule has 2 nitrogen and oxygen atoms in total. The Labute approximate surface area is 98.0 Å². The molecule has 0 aliphatic heterocycles. The minimum atomic E-state index is -0.187. The van der Waals surface area contributed by atoms with Crippen LogP contribution in [0.4, 0.5) is 4.39 Å². The van der Waals surface area contributed by atoms with Gasteiger partial charge in [-0.25, -0.2) is 4.39 Å². The zero-order chi connectivity index (χ0) is 11.1. The zero-order valence-electron chi connectivity index (χ0n) is 8.72. The van der Waals surface area contributed by atoms with Crippen molar-refractivity contribution in [1.29, 1.82) is 0 Å². The lowest BCUT2D eigenvalue weighted by molar-refractivity contribution is 0.149. The van der Waals surface area contributed by atoms with E-state index >= 15 is 0 Å². The number of halogens is 2. The van der Waals surface area contributed by atoms with Crippen molar-refractivity contribution in [2.75, 3.05) is 19.8 Å². The number of hydrogen-bond acceptors (Lipinski definition) is 2. The molecule has 0 aromatic heterocycles. The summed E-state index contributed by atoms with van der Waals surface area (Å²) in [6, 6.07) is 5.08. The lowest BCUT2D eigenvalue weighted by Gasteiger charge is -2.06. The second-order valence-electron chi connectivity index (χ2n) is 3.11. The molecule has 4 heteroatoms. The fourth-order valence-corrected chi connectivity index (χ4v) is 1.51. The normalized spacial score (nSPS) is 10.6. The summed E-state index contributed by atoms with van der Waals surface area (Å²) < 4.78 is 19.2. The summed E-state index contributed by atoms with van der Waals surface area (Å²) >= 11 is 3.22. The van der Waals surface area contributed by atoms with Gasteiger partial charge in [0.15, 0.2) is 0 Å². The van der Waals surface area contributed by atoms with Gasteiger partial charge in [-0.2, -0.15) is 0 Å². The van der Waals surface area contributed by atoms with Crippen LogP contribution >= 0.6 is 15.9 Å². The summed E-state index contributed by atoms with van der Waals surface area (Å²) in [6.45, 7) is 4.60. The molecule has 1 aromatic rings. The summed E-state index contributed by atoms with van der Waals surface area (Å²) in [5.41, 5.74) is 0.676. The van der Waals surface area contributed by atoms with Crippen molar-refractivity contribution in [3.8, 4) is 0 Å². The van der Waals surface area contributed by atoms with E-state index in [9.17, 15) is 4.39 Å². The molecule has 0 saturated carbocycles. The molecule has 0 heterocycles. The summed E-state index contributed by atoms with van der Waals surface area (Å²) in [6.07, 6.45) is 0. The van der Waals surface area contributed by atoms with Gasteiger partial charge in [0.05, 0.1) is 6.61 Å². The van der Waals surface area contributed by atoms with Crippen LogP contribution in [0.1, 0.15) is 12.5 Å². The Hall–Kier alpha value is -0.450. The SMILES string of the molecule is CCOCCNCc1ccc(Br)cc1F. The monoisotopic (exact) mass is 275 g/mol. The van der Waals surface area contributed by atoms with Crippen LogP contribution in [-0.4, -0.2) is 19.8 Å². The smallest absolute Gasteiger partial charge is 0.128 e. The van der Waals surface area contributed by atoms with Gasteiger partial charge in [0.2, 0.25) is 0 Å². The first-order valence-electron chi connectivity index (χ1n) is 4.96. The predicted molar refractivity (Wildman–Crippen MR) is 62.3 cm³/mol. The summed E-state index contributed by atoms with van der Waals surface area (Å²) in [5.74, 6) is -0.187. The van der Waals surface area contributed by atoms with Gasteiger partial charge in [0.25, 0.3) is 0 Å². The lowest BCUT2D eigenvalue weighted by Crippen LogP contribution is -2.19. The Morgan fingerprint density at radius 2 is 2.27 bits per heavy atom. The molecular formula is C11H15BrFNO. The van der Waals surface area contributed by atoms with Crippen LogP contribution in [-0.2, 0) is 11.3 Å². The van der Waals surface area contributed by atoms with E-state index in [4.69, 9.17) is 4.74 Å². The van der Waals surface area contributed by atoms with E-state index in [0.29, 0.717) is 25.3 Å². The number of ether oxygens (including phenoxy) is 1. The van der Waals surface area contributed by atoms with Crippen LogP contribution < -0.4 is 5.32 Å². The molecule has 0 radical (unpaired) electrons. The van der Waals surface area contributed by atoms with Crippen molar-refractivity contribution >= 4 is 15.9 Å². The largest absolute Gasteiger partial charge is 0.380 e. The minimum Gasteiger partial charge on any atom is -0.380 e. The highest BCUT2D eigenvalue weighted by Gasteiger charge is 2.01. The third-order valence-corrected chi connectivity index (χ3v) is 2.45. The second-order valence-corrected chi connectivity index (χ2v) is 4.03. The predicted octanol–water partition coefficient (Wildman–Crippen LogP) is 2.71. The van der Waals surface area contributed by atoms with E-state index in [1.807, 2.05) is 13.0 Å².